The Kier molecular flexibility index (Phi) is 5.67. The Hall–Kier alpha value is -2.81. The minimum absolute atomic E-state index is 0.213. The molecule has 3 heterocycles. The van der Waals surface area contributed by atoms with Gasteiger partial charge in [0, 0.05) is 41.8 Å². The van der Waals surface area contributed by atoms with E-state index in [1.807, 2.05) is 24.4 Å². The number of halogens is 1. The monoisotopic (exact) mass is 452 g/mol. The molecule has 4 aromatic rings. The molecular weight excluding hydrogens is 427 g/mol. The minimum atomic E-state index is -3.64. The zero-order valence-corrected chi connectivity index (χ0v) is 18.4. The topological polar surface area (TPSA) is 78.1 Å². The van der Waals surface area contributed by atoms with Crippen LogP contribution in [0.4, 0.5) is 4.39 Å². The van der Waals surface area contributed by atoms with E-state index in [0.29, 0.717) is 24.5 Å². The maximum absolute atomic E-state index is 13.4. The number of aromatic amines is 1. The number of nitrogens with zero attached hydrogens (tertiary/aromatic N) is 2. The van der Waals surface area contributed by atoms with E-state index in [-0.39, 0.29) is 10.7 Å². The second-order valence-corrected chi connectivity index (χ2v) is 10.0. The van der Waals surface area contributed by atoms with E-state index in [9.17, 15) is 12.8 Å². The van der Waals surface area contributed by atoms with Crippen molar-refractivity contribution in [3.05, 3.63) is 72.3 Å². The highest BCUT2D eigenvalue weighted by molar-refractivity contribution is 7.89. The summed E-state index contributed by atoms with van der Waals surface area (Å²) in [7, 11) is -3.64. The van der Waals surface area contributed by atoms with Crippen molar-refractivity contribution in [2.24, 2.45) is 0 Å². The fraction of sp³-hybridized carbons (Fsp3) is 0.292. The molecule has 0 spiro atoms. The van der Waals surface area contributed by atoms with Crippen LogP contribution in [-0.2, 0) is 10.0 Å². The molecule has 2 N–H and O–H groups in total. The van der Waals surface area contributed by atoms with Gasteiger partial charge in [-0.1, -0.05) is 18.2 Å². The Morgan fingerprint density at radius 1 is 1.12 bits per heavy atom. The fourth-order valence-electron chi connectivity index (χ4n) is 4.64. The maximum atomic E-state index is 13.4. The van der Waals surface area contributed by atoms with E-state index < -0.39 is 10.0 Å². The van der Waals surface area contributed by atoms with Gasteiger partial charge in [0.15, 0.2) is 0 Å². The van der Waals surface area contributed by atoms with Gasteiger partial charge in [-0.25, -0.2) is 17.5 Å². The number of likely N-dealkylation sites (tertiary alicyclic amines) is 1. The summed E-state index contributed by atoms with van der Waals surface area (Å²) in [5.74, 6) is 0.186. The van der Waals surface area contributed by atoms with Crippen LogP contribution < -0.4 is 4.72 Å². The zero-order valence-electron chi connectivity index (χ0n) is 17.6. The summed E-state index contributed by atoms with van der Waals surface area (Å²) in [6.07, 6.45) is 5.58. The van der Waals surface area contributed by atoms with Crippen molar-refractivity contribution in [1.29, 1.82) is 0 Å². The molecule has 0 atom stereocenters. The van der Waals surface area contributed by atoms with Crippen molar-refractivity contribution in [2.75, 3.05) is 26.2 Å². The van der Waals surface area contributed by atoms with Gasteiger partial charge in [-0.3, -0.25) is 4.98 Å². The van der Waals surface area contributed by atoms with Gasteiger partial charge in [0.05, 0.1) is 5.52 Å². The standard InChI is InChI=1S/C24H25FN4O2S/c25-19-6-7-20-21(16-27-22(20)15-19)17-8-12-29(13-9-17)14-11-28-32(30,31)23-5-1-3-18-4-2-10-26-24(18)23/h1-7,10,15-17,27-28H,8-9,11-14H2. The van der Waals surface area contributed by atoms with Gasteiger partial charge in [0.2, 0.25) is 10.0 Å². The summed E-state index contributed by atoms with van der Waals surface area (Å²) in [4.78, 5) is 9.93. The zero-order chi connectivity index (χ0) is 22.1. The second kappa shape index (κ2) is 8.61. The molecule has 1 aliphatic heterocycles. The molecule has 166 valence electrons. The van der Waals surface area contributed by atoms with E-state index in [1.165, 1.54) is 17.7 Å². The molecule has 0 saturated carbocycles. The van der Waals surface area contributed by atoms with Gasteiger partial charge in [-0.2, -0.15) is 0 Å². The molecule has 6 nitrogen and oxygen atoms in total. The van der Waals surface area contributed by atoms with Crippen molar-refractivity contribution in [1.82, 2.24) is 19.6 Å². The predicted octanol–water partition coefficient (Wildman–Crippen LogP) is 4.01. The fourth-order valence-corrected chi connectivity index (χ4v) is 5.83. The summed E-state index contributed by atoms with van der Waals surface area (Å²) >= 11 is 0. The van der Waals surface area contributed by atoms with Crippen LogP contribution in [0.2, 0.25) is 0 Å². The first-order valence-electron chi connectivity index (χ1n) is 10.8. The molecule has 8 heteroatoms. The number of aromatic nitrogens is 2. The summed E-state index contributed by atoms with van der Waals surface area (Å²) in [6.45, 7) is 2.80. The van der Waals surface area contributed by atoms with Crippen LogP contribution in [0, 0.1) is 5.82 Å². The largest absolute Gasteiger partial charge is 0.361 e. The van der Waals surface area contributed by atoms with Crippen molar-refractivity contribution in [3.63, 3.8) is 0 Å². The lowest BCUT2D eigenvalue weighted by atomic mass is 9.89. The number of pyridine rings is 1. The lowest BCUT2D eigenvalue weighted by Crippen LogP contribution is -2.39. The molecule has 5 rings (SSSR count). The van der Waals surface area contributed by atoms with Crippen molar-refractivity contribution in [2.45, 2.75) is 23.7 Å². The Morgan fingerprint density at radius 2 is 1.94 bits per heavy atom. The van der Waals surface area contributed by atoms with Gasteiger partial charge in [-0.05, 0) is 67.7 Å². The average Bonchev–Trinajstić information content (AvgIpc) is 3.22. The van der Waals surface area contributed by atoms with Crippen molar-refractivity contribution >= 4 is 31.8 Å². The van der Waals surface area contributed by atoms with E-state index in [2.05, 4.69) is 19.6 Å². The first-order chi connectivity index (χ1) is 15.5. The molecule has 2 aromatic heterocycles. The molecule has 1 fully saturated rings. The molecule has 2 aromatic carbocycles. The summed E-state index contributed by atoms with van der Waals surface area (Å²) in [5, 5.41) is 1.89. The Morgan fingerprint density at radius 3 is 2.78 bits per heavy atom. The van der Waals surface area contributed by atoms with Crippen LogP contribution >= 0.6 is 0 Å². The number of benzene rings is 2. The minimum Gasteiger partial charge on any atom is -0.361 e. The summed E-state index contributed by atoms with van der Waals surface area (Å²) in [5.41, 5.74) is 2.56. The van der Waals surface area contributed by atoms with Crippen LogP contribution in [0.5, 0.6) is 0 Å². The molecular formula is C24H25FN4O2S. The van der Waals surface area contributed by atoms with Crippen LogP contribution in [0.15, 0.2) is 65.8 Å². The number of hydrogen-bond donors (Lipinski definition) is 2. The third kappa shape index (κ3) is 4.13. The molecule has 0 aliphatic carbocycles. The van der Waals surface area contributed by atoms with Crippen LogP contribution in [0.25, 0.3) is 21.8 Å². The average molecular weight is 453 g/mol. The van der Waals surface area contributed by atoms with Crippen LogP contribution in [0.3, 0.4) is 0 Å². The number of rotatable bonds is 6. The number of nitrogens with one attached hydrogen (secondary N) is 2. The lowest BCUT2D eigenvalue weighted by Gasteiger charge is -2.32. The van der Waals surface area contributed by atoms with Gasteiger partial charge >= 0.3 is 0 Å². The highest BCUT2D eigenvalue weighted by Gasteiger charge is 2.24. The quantitative estimate of drug-likeness (QED) is 0.463. The molecule has 0 radical (unpaired) electrons. The Labute approximate surface area is 186 Å². The third-order valence-electron chi connectivity index (χ3n) is 6.31. The molecule has 1 aliphatic rings. The molecule has 0 bridgehead atoms. The first-order valence-corrected chi connectivity index (χ1v) is 12.3. The first kappa shape index (κ1) is 21.1. The van der Waals surface area contributed by atoms with E-state index in [4.69, 9.17) is 0 Å². The number of sulfonamides is 1. The smallest absolute Gasteiger partial charge is 0.242 e. The predicted molar refractivity (Wildman–Crippen MR) is 124 cm³/mol. The number of H-pyrrole nitrogens is 1. The van der Waals surface area contributed by atoms with E-state index in [1.54, 1.807) is 24.4 Å². The lowest BCUT2D eigenvalue weighted by molar-refractivity contribution is 0.216. The normalized spacial score (nSPS) is 16.2. The van der Waals surface area contributed by atoms with Crippen LogP contribution in [-0.4, -0.2) is 49.5 Å². The summed E-state index contributed by atoms with van der Waals surface area (Å²) in [6, 6.07) is 13.7. The SMILES string of the molecule is O=S(=O)(NCCN1CCC(c2c[nH]c3cc(F)ccc23)CC1)c1cccc2cccnc12. The maximum Gasteiger partial charge on any atom is 0.242 e. The summed E-state index contributed by atoms with van der Waals surface area (Å²) < 4.78 is 41.9. The number of hydrogen-bond acceptors (Lipinski definition) is 4. The number of fused-ring (bicyclic) bond motifs is 2. The van der Waals surface area contributed by atoms with E-state index >= 15 is 0 Å². The Balaban J connectivity index is 1.18. The number of para-hydroxylation sites is 1. The second-order valence-electron chi connectivity index (χ2n) is 8.28. The highest BCUT2D eigenvalue weighted by atomic mass is 32.2. The van der Waals surface area contributed by atoms with Crippen LogP contribution in [0.1, 0.15) is 24.3 Å². The van der Waals surface area contributed by atoms with Gasteiger partial charge in [0.1, 0.15) is 10.7 Å². The van der Waals surface area contributed by atoms with E-state index in [0.717, 1.165) is 42.2 Å². The number of piperidine rings is 1. The molecule has 0 unspecified atom stereocenters. The Bertz CT molecular complexity index is 1360. The van der Waals surface area contributed by atoms with Gasteiger partial charge < -0.3 is 9.88 Å². The molecule has 1 saturated heterocycles. The highest BCUT2D eigenvalue weighted by Crippen LogP contribution is 2.33. The molecule has 32 heavy (non-hydrogen) atoms. The molecule has 0 amide bonds. The van der Waals surface area contributed by atoms with Gasteiger partial charge in [-0.15, -0.1) is 0 Å². The van der Waals surface area contributed by atoms with Crippen molar-refractivity contribution < 1.29 is 12.8 Å². The van der Waals surface area contributed by atoms with Crippen molar-refractivity contribution in [3.8, 4) is 0 Å². The third-order valence-corrected chi connectivity index (χ3v) is 7.80. The van der Waals surface area contributed by atoms with Gasteiger partial charge in [0.25, 0.3) is 0 Å².